The van der Waals surface area contributed by atoms with Gasteiger partial charge in [0.2, 0.25) is 0 Å². The molecule has 11 heteroatoms. The molecule has 1 aliphatic heterocycles. The summed E-state index contributed by atoms with van der Waals surface area (Å²) in [5.41, 5.74) is 2.90. The van der Waals surface area contributed by atoms with Crippen LogP contribution in [0.4, 0.5) is 10.1 Å². The fraction of sp³-hybridized carbons (Fsp3) is 0.179. The van der Waals surface area contributed by atoms with Crippen molar-refractivity contribution in [1.29, 1.82) is 0 Å². The second kappa shape index (κ2) is 11.3. The van der Waals surface area contributed by atoms with Crippen LogP contribution in [0.25, 0.3) is 17.1 Å². The van der Waals surface area contributed by atoms with Crippen molar-refractivity contribution in [1.82, 2.24) is 29.6 Å². The molecular formula is C28H24FN7OS2. The summed E-state index contributed by atoms with van der Waals surface area (Å²) >= 11 is 2.99. The van der Waals surface area contributed by atoms with E-state index in [2.05, 4.69) is 20.2 Å². The lowest BCUT2D eigenvalue weighted by atomic mass is 10.2. The molecule has 1 saturated heterocycles. The van der Waals surface area contributed by atoms with Gasteiger partial charge in [0, 0.05) is 55.2 Å². The molecule has 1 aliphatic rings. The maximum Gasteiger partial charge on any atom is 0.273 e. The first-order valence-corrected chi connectivity index (χ1v) is 14.3. The van der Waals surface area contributed by atoms with Crippen molar-refractivity contribution in [3.8, 4) is 17.1 Å². The van der Waals surface area contributed by atoms with E-state index in [9.17, 15) is 9.18 Å². The minimum Gasteiger partial charge on any atom is -0.366 e. The minimum atomic E-state index is -0.241. The van der Waals surface area contributed by atoms with Gasteiger partial charge in [-0.05, 0) is 36.4 Å². The summed E-state index contributed by atoms with van der Waals surface area (Å²) in [6.07, 6.45) is 3.47. The first-order valence-electron chi connectivity index (χ1n) is 12.4. The molecule has 0 radical (unpaired) electrons. The first-order chi connectivity index (χ1) is 19.2. The third-order valence-electron chi connectivity index (χ3n) is 6.44. The van der Waals surface area contributed by atoms with Gasteiger partial charge in [0.15, 0.2) is 11.0 Å². The van der Waals surface area contributed by atoms with E-state index in [1.165, 1.54) is 29.2 Å². The Labute approximate surface area is 233 Å². The number of rotatable bonds is 7. The van der Waals surface area contributed by atoms with Crippen molar-refractivity contribution in [3.63, 3.8) is 0 Å². The summed E-state index contributed by atoms with van der Waals surface area (Å²) in [4.78, 5) is 25.6. The number of nitrogens with zero attached hydrogens (tertiary/aromatic N) is 7. The third kappa shape index (κ3) is 5.41. The van der Waals surface area contributed by atoms with Gasteiger partial charge in [0.05, 0.1) is 11.4 Å². The van der Waals surface area contributed by atoms with Gasteiger partial charge < -0.3 is 9.80 Å². The summed E-state index contributed by atoms with van der Waals surface area (Å²) < 4.78 is 16.2. The smallest absolute Gasteiger partial charge is 0.273 e. The topological polar surface area (TPSA) is 80.0 Å². The molecule has 0 atom stereocenters. The zero-order chi connectivity index (χ0) is 26.6. The molecule has 1 amide bonds. The maximum absolute atomic E-state index is 14.2. The number of thiazole rings is 1. The summed E-state index contributed by atoms with van der Waals surface area (Å²) in [6.45, 7) is 2.20. The Morgan fingerprint density at radius 1 is 0.923 bits per heavy atom. The van der Waals surface area contributed by atoms with Crippen LogP contribution in [0.5, 0.6) is 0 Å². The number of hydrogen-bond donors (Lipinski definition) is 0. The third-order valence-corrected chi connectivity index (χ3v) is 8.41. The van der Waals surface area contributed by atoms with E-state index >= 15 is 0 Å². The number of piperazine rings is 1. The predicted molar refractivity (Wildman–Crippen MR) is 151 cm³/mol. The molecule has 0 unspecified atom stereocenters. The van der Waals surface area contributed by atoms with Crippen LogP contribution < -0.4 is 4.90 Å². The van der Waals surface area contributed by atoms with E-state index in [0.717, 1.165) is 27.2 Å². The standard InChI is InChI=1S/C28H24FN7OS2/c29-22-8-4-5-9-24(22)34-14-16-35(17-15-34)27(37)23-18-38-25(31-23)19-39-28-33-32-26(20-10-12-30-13-11-20)36(28)21-6-2-1-3-7-21/h1-13,18H,14-17,19H2. The molecule has 3 aromatic heterocycles. The number of aromatic nitrogens is 5. The normalized spacial score (nSPS) is 13.6. The Bertz CT molecular complexity index is 1570. The van der Waals surface area contributed by atoms with Crippen molar-refractivity contribution >= 4 is 34.7 Å². The Hall–Kier alpha value is -4.09. The van der Waals surface area contributed by atoms with Gasteiger partial charge in [-0.1, -0.05) is 42.1 Å². The van der Waals surface area contributed by atoms with Crippen LogP contribution in [0, 0.1) is 5.82 Å². The molecule has 0 bridgehead atoms. The molecule has 0 spiro atoms. The minimum absolute atomic E-state index is 0.0943. The summed E-state index contributed by atoms with van der Waals surface area (Å²) in [5.74, 6) is 0.953. The fourth-order valence-electron chi connectivity index (χ4n) is 4.48. The molecule has 39 heavy (non-hydrogen) atoms. The summed E-state index contributed by atoms with van der Waals surface area (Å²) in [6, 6.07) is 20.5. The number of amides is 1. The molecule has 0 N–H and O–H groups in total. The highest BCUT2D eigenvalue weighted by Gasteiger charge is 2.25. The lowest BCUT2D eigenvalue weighted by molar-refractivity contribution is 0.0741. The van der Waals surface area contributed by atoms with Gasteiger partial charge in [-0.15, -0.1) is 21.5 Å². The Kier molecular flexibility index (Phi) is 7.33. The van der Waals surface area contributed by atoms with E-state index in [1.807, 2.05) is 63.4 Å². The van der Waals surface area contributed by atoms with Crippen LogP contribution >= 0.6 is 23.1 Å². The van der Waals surface area contributed by atoms with Crippen LogP contribution in [-0.2, 0) is 5.75 Å². The van der Waals surface area contributed by atoms with Crippen molar-refractivity contribution in [3.05, 3.63) is 101 Å². The van der Waals surface area contributed by atoms with Crippen LogP contribution in [0.3, 0.4) is 0 Å². The van der Waals surface area contributed by atoms with Crippen molar-refractivity contribution in [2.24, 2.45) is 0 Å². The number of carbonyl (C=O) groups excluding carboxylic acids is 1. The van der Waals surface area contributed by atoms with E-state index in [1.54, 1.807) is 29.4 Å². The van der Waals surface area contributed by atoms with E-state index < -0.39 is 0 Å². The number of carbonyl (C=O) groups is 1. The fourth-order valence-corrected chi connectivity index (χ4v) is 6.22. The van der Waals surface area contributed by atoms with Gasteiger partial charge >= 0.3 is 0 Å². The largest absolute Gasteiger partial charge is 0.366 e. The van der Waals surface area contributed by atoms with Crippen LogP contribution in [0.1, 0.15) is 15.5 Å². The number of para-hydroxylation sites is 2. The molecule has 0 aliphatic carbocycles. The number of thioether (sulfide) groups is 1. The Morgan fingerprint density at radius 2 is 1.67 bits per heavy atom. The second-order valence-corrected chi connectivity index (χ2v) is 10.7. The van der Waals surface area contributed by atoms with Crippen LogP contribution in [0.2, 0.25) is 0 Å². The average Bonchev–Trinajstić information content (AvgIpc) is 3.64. The zero-order valence-corrected chi connectivity index (χ0v) is 22.5. The summed E-state index contributed by atoms with van der Waals surface area (Å²) in [5, 5.41) is 12.3. The SMILES string of the molecule is O=C(c1csc(CSc2nnc(-c3ccncc3)n2-c2ccccc2)n1)N1CCN(c2ccccc2F)CC1. The Balaban J connectivity index is 1.13. The average molecular weight is 558 g/mol. The highest BCUT2D eigenvalue weighted by molar-refractivity contribution is 7.98. The van der Waals surface area contributed by atoms with Crippen molar-refractivity contribution in [2.75, 3.05) is 31.1 Å². The lowest BCUT2D eigenvalue weighted by Crippen LogP contribution is -2.49. The van der Waals surface area contributed by atoms with E-state index in [4.69, 9.17) is 0 Å². The number of hydrogen-bond acceptors (Lipinski definition) is 8. The monoisotopic (exact) mass is 557 g/mol. The van der Waals surface area contributed by atoms with Crippen molar-refractivity contribution < 1.29 is 9.18 Å². The molecule has 6 rings (SSSR count). The number of halogens is 1. The molecule has 5 aromatic rings. The molecule has 0 saturated carbocycles. The van der Waals surface area contributed by atoms with E-state index in [0.29, 0.717) is 43.3 Å². The zero-order valence-electron chi connectivity index (χ0n) is 20.9. The van der Waals surface area contributed by atoms with Crippen LogP contribution in [0.15, 0.2) is 89.7 Å². The molecule has 1 fully saturated rings. The van der Waals surface area contributed by atoms with Gasteiger partial charge in [0.25, 0.3) is 5.91 Å². The number of anilines is 1. The molecule has 4 heterocycles. The van der Waals surface area contributed by atoms with Crippen LogP contribution in [-0.4, -0.2) is 61.7 Å². The van der Waals surface area contributed by atoms with Gasteiger partial charge in [-0.25, -0.2) is 9.37 Å². The second-order valence-electron chi connectivity index (χ2n) is 8.86. The highest BCUT2D eigenvalue weighted by atomic mass is 32.2. The van der Waals surface area contributed by atoms with E-state index in [-0.39, 0.29) is 11.7 Å². The first kappa shape index (κ1) is 25.2. The quantitative estimate of drug-likeness (QED) is 0.255. The highest BCUT2D eigenvalue weighted by Crippen LogP contribution is 2.30. The van der Waals surface area contributed by atoms with Gasteiger partial charge in [-0.3, -0.25) is 14.3 Å². The predicted octanol–water partition coefficient (Wildman–Crippen LogP) is 5.18. The van der Waals surface area contributed by atoms with Crippen molar-refractivity contribution in [2.45, 2.75) is 10.9 Å². The number of pyridine rings is 1. The maximum atomic E-state index is 14.2. The number of benzene rings is 2. The molecule has 8 nitrogen and oxygen atoms in total. The lowest BCUT2D eigenvalue weighted by Gasteiger charge is -2.35. The molecule has 196 valence electrons. The summed E-state index contributed by atoms with van der Waals surface area (Å²) in [7, 11) is 0. The Morgan fingerprint density at radius 3 is 2.44 bits per heavy atom. The molecular weight excluding hydrogens is 533 g/mol. The van der Waals surface area contributed by atoms with Gasteiger partial charge in [0.1, 0.15) is 16.5 Å². The van der Waals surface area contributed by atoms with Gasteiger partial charge in [-0.2, -0.15) is 0 Å². The molecule has 2 aromatic carbocycles.